The predicted molar refractivity (Wildman–Crippen MR) is 85.8 cm³/mol. The number of hydrogen-bond acceptors (Lipinski definition) is 3. The second kappa shape index (κ2) is 8.04. The summed E-state index contributed by atoms with van der Waals surface area (Å²) in [5.74, 6) is 0.472. The van der Waals surface area contributed by atoms with Crippen LogP contribution in [-0.4, -0.2) is 79.2 Å². The number of aliphatic imine (C=N–C) groups is 1. The summed E-state index contributed by atoms with van der Waals surface area (Å²) in [6.07, 6.45) is -2.16. The minimum atomic E-state index is -4.21. The Morgan fingerprint density at radius 2 is 1.88 bits per heavy atom. The van der Waals surface area contributed by atoms with Gasteiger partial charge in [0.05, 0.1) is 0 Å². The van der Waals surface area contributed by atoms with E-state index in [1.807, 2.05) is 11.8 Å². The SMILES string of the molecule is CCNC(=NCC(=O)NC1CC1)N1CCN(C(C)C(F)(F)F)CC1. The largest absolute Gasteiger partial charge is 0.403 e. The summed E-state index contributed by atoms with van der Waals surface area (Å²) in [4.78, 5) is 19.4. The molecule has 2 rings (SSSR count). The topological polar surface area (TPSA) is 60.0 Å². The highest BCUT2D eigenvalue weighted by Crippen LogP contribution is 2.25. The van der Waals surface area contributed by atoms with Gasteiger partial charge in [-0.1, -0.05) is 0 Å². The van der Waals surface area contributed by atoms with Crippen molar-refractivity contribution in [3.63, 3.8) is 0 Å². The second-order valence-corrected chi connectivity index (χ2v) is 6.25. The molecule has 0 radical (unpaired) electrons. The van der Waals surface area contributed by atoms with Gasteiger partial charge in [-0.05, 0) is 26.7 Å². The Morgan fingerprint density at radius 1 is 1.25 bits per heavy atom. The van der Waals surface area contributed by atoms with E-state index in [2.05, 4.69) is 15.6 Å². The van der Waals surface area contributed by atoms with Gasteiger partial charge in [0.1, 0.15) is 12.6 Å². The standard InChI is InChI=1S/C15H26F3N5O/c1-3-19-14(20-10-13(24)21-12-4-5-12)23-8-6-22(7-9-23)11(2)15(16,17)18/h11-12H,3-10H2,1-2H3,(H,19,20)(H,21,24). The first-order valence-electron chi connectivity index (χ1n) is 8.44. The molecule has 1 aliphatic heterocycles. The normalized spacial score (nSPS) is 21.5. The summed E-state index contributed by atoms with van der Waals surface area (Å²) in [5.41, 5.74) is 0. The number of carbonyl (C=O) groups is 1. The first-order valence-corrected chi connectivity index (χ1v) is 8.44. The zero-order valence-corrected chi connectivity index (χ0v) is 14.2. The third kappa shape index (κ3) is 5.54. The molecular weight excluding hydrogens is 323 g/mol. The van der Waals surface area contributed by atoms with E-state index in [-0.39, 0.29) is 12.5 Å². The first kappa shape index (κ1) is 18.8. The summed E-state index contributed by atoms with van der Waals surface area (Å²) in [7, 11) is 0. The van der Waals surface area contributed by atoms with Crippen molar-refractivity contribution in [1.29, 1.82) is 0 Å². The summed E-state index contributed by atoms with van der Waals surface area (Å²) >= 11 is 0. The van der Waals surface area contributed by atoms with E-state index in [0.717, 1.165) is 12.8 Å². The lowest BCUT2D eigenvalue weighted by Gasteiger charge is -2.39. The van der Waals surface area contributed by atoms with Crippen LogP contribution < -0.4 is 10.6 Å². The van der Waals surface area contributed by atoms with Gasteiger partial charge in [-0.15, -0.1) is 0 Å². The Morgan fingerprint density at radius 3 is 2.38 bits per heavy atom. The third-order valence-corrected chi connectivity index (χ3v) is 4.29. The molecule has 1 saturated heterocycles. The number of amides is 1. The first-order chi connectivity index (χ1) is 11.3. The van der Waals surface area contributed by atoms with Crippen molar-refractivity contribution < 1.29 is 18.0 Å². The Kier molecular flexibility index (Phi) is 6.31. The van der Waals surface area contributed by atoms with Crippen LogP contribution in [0.5, 0.6) is 0 Å². The average molecular weight is 349 g/mol. The minimum Gasteiger partial charge on any atom is -0.357 e. The van der Waals surface area contributed by atoms with E-state index in [0.29, 0.717) is 44.7 Å². The lowest BCUT2D eigenvalue weighted by molar-refractivity contribution is -0.181. The highest BCUT2D eigenvalue weighted by atomic mass is 19.4. The summed E-state index contributed by atoms with van der Waals surface area (Å²) in [6.45, 7) is 5.34. The van der Waals surface area contributed by atoms with Gasteiger partial charge in [-0.2, -0.15) is 13.2 Å². The van der Waals surface area contributed by atoms with Gasteiger partial charge in [0.15, 0.2) is 5.96 Å². The molecular formula is C15H26F3N5O. The average Bonchev–Trinajstić information content (AvgIpc) is 3.34. The van der Waals surface area contributed by atoms with Crippen LogP contribution in [0.25, 0.3) is 0 Å². The minimum absolute atomic E-state index is 0.0397. The van der Waals surface area contributed by atoms with Gasteiger partial charge in [-0.3, -0.25) is 9.69 Å². The molecule has 138 valence electrons. The molecule has 24 heavy (non-hydrogen) atoms. The number of piperazine rings is 1. The van der Waals surface area contributed by atoms with Crippen molar-refractivity contribution in [2.75, 3.05) is 39.3 Å². The quantitative estimate of drug-likeness (QED) is 0.569. The maximum atomic E-state index is 12.8. The highest BCUT2D eigenvalue weighted by Gasteiger charge is 2.41. The smallest absolute Gasteiger partial charge is 0.357 e. The molecule has 1 saturated carbocycles. The van der Waals surface area contributed by atoms with Gasteiger partial charge in [0, 0.05) is 38.8 Å². The van der Waals surface area contributed by atoms with Crippen LogP contribution in [0.15, 0.2) is 4.99 Å². The maximum absolute atomic E-state index is 12.8. The fraction of sp³-hybridized carbons (Fsp3) is 0.867. The monoisotopic (exact) mass is 349 g/mol. The predicted octanol–water partition coefficient (Wildman–Crippen LogP) is 0.799. The summed E-state index contributed by atoms with van der Waals surface area (Å²) in [5, 5.41) is 5.97. The van der Waals surface area contributed by atoms with E-state index in [1.165, 1.54) is 11.8 Å². The van der Waals surface area contributed by atoms with Crippen LogP contribution in [-0.2, 0) is 4.79 Å². The maximum Gasteiger partial charge on any atom is 0.403 e. The molecule has 0 bridgehead atoms. The molecule has 0 aromatic heterocycles. The zero-order chi connectivity index (χ0) is 17.7. The Balaban J connectivity index is 1.86. The van der Waals surface area contributed by atoms with Gasteiger partial charge < -0.3 is 15.5 Å². The van der Waals surface area contributed by atoms with Crippen LogP contribution in [0.4, 0.5) is 13.2 Å². The van der Waals surface area contributed by atoms with Gasteiger partial charge in [-0.25, -0.2) is 4.99 Å². The number of halogens is 3. The van der Waals surface area contributed by atoms with E-state index in [4.69, 9.17) is 0 Å². The molecule has 2 fully saturated rings. The molecule has 2 aliphatic rings. The second-order valence-electron chi connectivity index (χ2n) is 6.25. The fourth-order valence-corrected chi connectivity index (χ4v) is 2.60. The van der Waals surface area contributed by atoms with Crippen LogP contribution in [0.2, 0.25) is 0 Å². The molecule has 2 N–H and O–H groups in total. The van der Waals surface area contributed by atoms with Crippen molar-refractivity contribution in [1.82, 2.24) is 20.4 Å². The lowest BCUT2D eigenvalue weighted by atomic mass is 10.2. The molecule has 6 nitrogen and oxygen atoms in total. The molecule has 1 heterocycles. The van der Waals surface area contributed by atoms with Crippen molar-refractivity contribution in [2.24, 2.45) is 4.99 Å². The molecule has 1 aliphatic carbocycles. The van der Waals surface area contributed by atoms with Gasteiger partial charge in [0.25, 0.3) is 0 Å². The lowest BCUT2D eigenvalue weighted by Crippen LogP contribution is -2.56. The Bertz CT molecular complexity index is 457. The van der Waals surface area contributed by atoms with E-state index < -0.39 is 12.2 Å². The summed E-state index contributed by atoms with van der Waals surface area (Å²) in [6, 6.07) is -1.15. The van der Waals surface area contributed by atoms with Crippen molar-refractivity contribution in [2.45, 2.75) is 44.9 Å². The van der Waals surface area contributed by atoms with Crippen LogP contribution >= 0.6 is 0 Å². The molecule has 1 amide bonds. The molecule has 0 spiro atoms. The van der Waals surface area contributed by atoms with Crippen molar-refractivity contribution >= 4 is 11.9 Å². The molecule has 1 unspecified atom stereocenters. The summed E-state index contributed by atoms with van der Waals surface area (Å²) < 4.78 is 38.4. The number of guanidine groups is 1. The van der Waals surface area contributed by atoms with E-state index >= 15 is 0 Å². The van der Waals surface area contributed by atoms with Crippen molar-refractivity contribution in [3.8, 4) is 0 Å². The zero-order valence-electron chi connectivity index (χ0n) is 14.2. The van der Waals surface area contributed by atoms with Crippen LogP contribution in [0.3, 0.4) is 0 Å². The van der Waals surface area contributed by atoms with Gasteiger partial charge in [0.2, 0.25) is 5.91 Å². The Hall–Kier alpha value is -1.51. The number of hydrogen-bond donors (Lipinski definition) is 2. The van der Waals surface area contributed by atoms with E-state index in [9.17, 15) is 18.0 Å². The number of rotatable bonds is 5. The van der Waals surface area contributed by atoms with E-state index in [1.54, 1.807) is 0 Å². The number of alkyl halides is 3. The van der Waals surface area contributed by atoms with Crippen LogP contribution in [0, 0.1) is 0 Å². The highest BCUT2D eigenvalue weighted by molar-refractivity contribution is 5.85. The molecule has 1 atom stereocenters. The van der Waals surface area contributed by atoms with Crippen molar-refractivity contribution in [3.05, 3.63) is 0 Å². The fourth-order valence-electron chi connectivity index (χ4n) is 2.60. The number of nitrogens with one attached hydrogen (secondary N) is 2. The molecule has 0 aromatic carbocycles. The molecule has 0 aromatic rings. The number of carbonyl (C=O) groups excluding carboxylic acids is 1. The third-order valence-electron chi connectivity index (χ3n) is 4.29. The van der Waals surface area contributed by atoms with Crippen LogP contribution in [0.1, 0.15) is 26.7 Å². The number of nitrogens with zero attached hydrogens (tertiary/aromatic N) is 3. The van der Waals surface area contributed by atoms with Gasteiger partial charge >= 0.3 is 6.18 Å². The molecule has 9 heteroatoms. The Labute approximate surface area is 140 Å².